The predicted octanol–water partition coefficient (Wildman–Crippen LogP) is 27.8. The molecule has 0 nitrogen and oxygen atoms in total. The average Bonchev–Trinajstić information content (AvgIpc) is 1.87. The van der Waals surface area contributed by atoms with Crippen molar-refractivity contribution in [1.29, 1.82) is 0 Å². The van der Waals surface area contributed by atoms with E-state index in [0.29, 0.717) is 0 Å². The van der Waals surface area contributed by atoms with E-state index in [-0.39, 0.29) is 0 Å². The maximum atomic E-state index is 2.56. The van der Waals surface area contributed by atoms with Crippen molar-refractivity contribution in [3.63, 3.8) is 0 Å². The summed E-state index contributed by atoms with van der Waals surface area (Å²) in [6.45, 7) is 9.20. The molecule has 12 aromatic heterocycles. The number of unbranched alkanes of at least 4 members (excludes halogenated alkanes) is 12. The molecule has 0 aliphatic heterocycles. The van der Waals surface area contributed by atoms with E-state index in [1.165, 1.54) is 239 Å². The summed E-state index contributed by atoms with van der Waals surface area (Å²) in [6.07, 6.45) is 21.0. The molecule has 0 N–H and O–H groups in total. The Labute approximate surface area is 595 Å². The highest BCUT2D eigenvalue weighted by atomic mass is 32.2. The third-order valence-electron chi connectivity index (χ3n) is 15.6. The molecule has 0 atom stereocenters. The predicted molar refractivity (Wildman–Crippen MR) is 428 cm³/mol. The summed E-state index contributed by atoms with van der Waals surface area (Å²) < 4.78 is 11.8. The van der Waals surface area contributed by atoms with E-state index >= 15 is 0 Å². The summed E-state index contributed by atoms with van der Waals surface area (Å²) in [5, 5.41) is 0. The first kappa shape index (κ1) is 67.0. The molecule has 12 aromatic rings. The number of hydrogen-bond donors (Lipinski definition) is 0. The van der Waals surface area contributed by atoms with Crippen LogP contribution in [-0.2, 0) is 0 Å². The van der Waals surface area contributed by atoms with Gasteiger partial charge in [0.15, 0.2) is 0 Å². The van der Waals surface area contributed by atoms with E-state index in [4.69, 9.17) is 0 Å². The highest BCUT2D eigenvalue weighted by Gasteiger charge is 2.47. The van der Waals surface area contributed by atoms with E-state index in [2.05, 4.69) is 219 Å². The minimum Gasteiger partial charge on any atom is -0.143 e. The van der Waals surface area contributed by atoms with Gasteiger partial charge in [-0.15, -0.1) is 183 Å². The quantitative estimate of drug-likeness (QED) is 0.0218. The third-order valence-corrected chi connectivity index (χ3v) is 43.2. The van der Waals surface area contributed by atoms with Gasteiger partial charge in [0.25, 0.3) is 0 Å². The third kappa shape index (κ3) is 16.8. The van der Waals surface area contributed by atoms with Crippen LogP contribution in [0.4, 0.5) is 0 Å². The molecule has 17 heteroatoms. The fourth-order valence-corrected chi connectivity index (χ4v) is 39.0. The van der Waals surface area contributed by atoms with Gasteiger partial charge in [0.2, 0.25) is 8.07 Å². The lowest BCUT2D eigenvalue weighted by molar-refractivity contribution is 0.706. The van der Waals surface area contributed by atoms with Crippen LogP contribution in [0, 0.1) is 0 Å². The molecule has 12 heterocycles. The maximum absolute atomic E-state index is 2.96. The molecule has 0 bridgehead atoms. The van der Waals surface area contributed by atoms with Crippen molar-refractivity contribution in [2.75, 3.05) is 23.0 Å². The molecule has 0 saturated carbocycles. The van der Waals surface area contributed by atoms with Crippen molar-refractivity contribution in [2.24, 2.45) is 0 Å². The van der Waals surface area contributed by atoms with E-state index in [1.54, 1.807) is 0 Å². The second-order valence-electron chi connectivity index (χ2n) is 22.2. The van der Waals surface area contributed by atoms with Gasteiger partial charge in [-0.1, -0.05) is 129 Å². The van der Waals surface area contributed by atoms with Gasteiger partial charge in [0, 0.05) is 96.0 Å². The summed E-state index contributed by atoms with van der Waals surface area (Å²) in [5.74, 6) is 4.82. The topological polar surface area (TPSA) is 0 Å². The number of rotatable bonds is 36. The smallest absolute Gasteiger partial charge is 0.143 e. The Bertz CT molecular complexity index is 3540. The van der Waals surface area contributed by atoms with Crippen LogP contribution in [0.25, 0.3) is 78.0 Å². The molecule has 12 rings (SSSR count). The van der Waals surface area contributed by atoms with Crippen LogP contribution >= 0.6 is 183 Å². The van der Waals surface area contributed by atoms with Crippen molar-refractivity contribution >= 4 is 209 Å². The molecule has 89 heavy (non-hydrogen) atoms. The van der Waals surface area contributed by atoms with Crippen molar-refractivity contribution in [1.82, 2.24) is 0 Å². The standard InChI is InChI=1S/C72H76S16Si/c1-5-9-13-17-45-73-65-37-29-57(81-65)49-21-25-53(77-49)61-33-41-69(85-61)89(70-42-34-62(86-70)54-26-22-50(78-54)58-30-38-66(82-58)74-46-18-14-10-6-2,71-43-35-63(87-71)55-27-23-51(79-55)59-31-39-67(83-59)75-47-19-15-11-7-3)72-44-36-64(88-72)56-28-24-52(80-56)60-32-40-68(84-60)76-48-20-16-12-8-4/h21-44H,5-20,45-48H2,1-4H3. The summed E-state index contributed by atoms with van der Waals surface area (Å²) in [5.41, 5.74) is 0. The molecular formula is C72H76S16Si. The molecule has 0 saturated heterocycles. The minimum absolute atomic E-state index is 1.21. The highest BCUT2D eigenvalue weighted by molar-refractivity contribution is 8.02. The summed E-state index contributed by atoms with van der Waals surface area (Å²) in [7, 11) is -2.96. The molecular weight excluding hydrogens is 1410 g/mol. The molecule has 0 aromatic carbocycles. The first-order valence-corrected chi connectivity index (χ1v) is 47.4. The van der Waals surface area contributed by atoms with Gasteiger partial charge >= 0.3 is 0 Å². The second-order valence-corrected chi connectivity index (χ2v) is 45.9. The van der Waals surface area contributed by atoms with Gasteiger partial charge in [-0.25, -0.2) is 0 Å². The Morgan fingerprint density at radius 1 is 0.202 bits per heavy atom. The molecule has 0 amide bonds. The van der Waals surface area contributed by atoms with Crippen LogP contribution in [0.5, 0.6) is 0 Å². The average molecular weight is 1480 g/mol. The van der Waals surface area contributed by atoms with Gasteiger partial charge in [-0.05, 0) is 170 Å². The minimum atomic E-state index is -2.96. The molecule has 464 valence electrons. The van der Waals surface area contributed by atoms with Crippen LogP contribution in [0.2, 0.25) is 0 Å². The van der Waals surface area contributed by atoms with Crippen molar-refractivity contribution in [2.45, 2.75) is 147 Å². The van der Waals surface area contributed by atoms with Crippen LogP contribution in [-0.4, -0.2) is 31.1 Å². The number of hydrogen-bond acceptors (Lipinski definition) is 16. The first-order valence-electron chi connectivity index (χ1n) is 31.6. The van der Waals surface area contributed by atoms with Gasteiger partial charge in [-0.3, -0.25) is 0 Å². The fourth-order valence-electron chi connectivity index (χ4n) is 10.8. The Morgan fingerprint density at radius 2 is 0.382 bits per heavy atom. The lowest BCUT2D eigenvalue weighted by Crippen LogP contribution is -2.71. The van der Waals surface area contributed by atoms with Crippen LogP contribution in [0.3, 0.4) is 0 Å². The van der Waals surface area contributed by atoms with E-state index in [0.717, 1.165) is 0 Å². The van der Waals surface area contributed by atoms with Crippen LogP contribution in [0.15, 0.2) is 162 Å². The van der Waals surface area contributed by atoms with Crippen molar-refractivity contribution in [3.8, 4) is 78.0 Å². The van der Waals surface area contributed by atoms with Crippen molar-refractivity contribution in [3.05, 3.63) is 146 Å². The molecule has 0 fully saturated rings. The van der Waals surface area contributed by atoms with E-state index in [9.17, 15) is 0 Å². The fraction of sp³-hybridized carbons (Fsp3) is 0.333. The molecule has 0 spiro atoms. The zero-order valence-electron chi connectivity index (χ0n) is 51.0. The highest BCUT2D eigenvalue weighted by Crippen LogP contribution is 2.47. The Morgan fingerprint density at radius 3 is 0.596 bits per heavy atom. The summed E-state index contributed by atoms with van der Waals surface area (Å²) in [6, 6.07) is 58.1. The number of thiophene rings is 12. The van der Waals surface area contributed by atoms with E-state index < -0.39 is 8.07 Å². The van der Waals surface area contributed by atoms with Gasteiger partial charge in [-0.2, -0.15) is 0 Å². The normalized spacial score (nSPS) is 12.0. The van der Waals surface area contributed by atoms with Crippen LogP contribution in [0.1, 0.15) is 130 Å². The Kier molecular flexibility index (Phi) is 25.3. The summed E-state index contributed by atoms with van der Waals surface area (Å²) >= 11 is 32.1. The zero-order valence-corrected chi connectivity index (χ0v) is 65.1. The SMILES string of the molecule is CCCCCCSc1ccc(-c2ccc(-c3ccc([Si](c4ccc(-c5ccc(-c6ccc(SCCCCCC)s6)s5)s4)(c4ccc(-c5ccc(-c6ccc(SCCCCCC)s6)s5)s4)c4ccc(-c5ccc(-c6ccc(SCCCCCC)s6)s5)s4)s3)s2)s1. The van der Waals surface area contributed by atoms with Gasteiger partial charge in [0.05, 0.1) is 16.8 Å². The molecule has 0 radical (unpaired) electrons. The maximum Gasteiger partial charge on any atom is 0.222 e. The monoisotopic (exact) mass is 1480 g/mol. The Hall–Kier alpha value is -1.98. The van der Waals surface area contributed by atoms with Crippen molar-refractivity contribution < 1.29 is 0 Å². The van der Waals surface area contributed by atoms with Gasteiger partial charge < -0.3 is 0 Å². The van der Waals surface area contributed by atoms with Crippen LogP contribution < -0.4 is 18.0 Å². The largest absolute Gasteiger partial charge is 0.222 e. The lowest BCUT2D eigenvalue weighted by atomic mass is 10.2. The second kappa shape index (κ2) is 33.6. The molecule has 0 aliphatic rings. The number of thioether (sulfide) groups is 4. The summed E-state index contributed by atoms with van der Waals surface area (Å²) in [4.78, 5) is 21.9. The van der Waals surface area contributed by atoms with Gasteiger partial charge in [0.1, 0.15) is 0 Å². The lowest BCUT2D eigenvalue weighted by Gasteiger charge is -2.28. The van der Waals surface area contributed by atoms with E-state index in [1.807, 2.05) is 138 Å². The molecule has 0 unspecified atom stereocenters. The Balaban J connectivity index is 0.916. The molecule has 0 aliphatic carbocycles. The first-order chi connectivity index (χ1) is 43.9. The zero-order chi connectivity index (χ0) is 60.8.